The van der Waals surface area contributed by atoms with E-state index in [2.05, 4.69) is 10.1 Å². The molecule has 16 heavy (non-hydrogen) atoms. The first-order valence-electron chi connectivity index (χ1n) is 5.85. The summed E-state index contributed by atoms with van der Waals surface area (Å²) in [5, 5.41) is 24.4. The summed E-state index contributed by atoms with van der Waals surface area (Å²) in [6.07, 6.45) is 5.60. The van der Waals surface area contributed by atoms with Crippen molar-refractivity contribution in [3.8, 4) is 0 Å². The van der Waals surface area contributed by atoms with Gasteiger partial charge in [0.05, 0.1) is 11.7 Å². The van der Waals surface area contributed by atoms with Crippen LogP contribution in [-0.4, -0.2) is 36.7 Å². The molecule has 0 radical (unpaired) electrons. The van der Waals surface area contributed by atoms with E-state index < -0.39 is 11.7 Å². The lowest BCUT2D eigenvalue weighted by Gasteiger charge is -2.36. The zero-order valence-corrected chi connectivity index (χ0v) is 9.63. The average molecular weight is 225 g/mol. The second-order valence-corrected chi connectivity index (χ2v) is 4.68. The number of hydrogen-bond acceptors (Lipinski definition) is 4. The second kappa shape index (κ2) is 4.51. The number of aliphatic hydroxyl groups is 2. The van der Waals surface area contributed by atoms with Crippen LogP contribution in [-0.2, 0) is 13.5 Å². The fraction of sp³-hybridized carbons (Fsp3) is 0.818. The monoisotopic (exact) mass is 225 g/mol. The molecule has 1 fully saturated rings. The molecule has 1 aliphatic carbocycles. The number of hydrogen-bond donors (Lipinski definition) is 2. The molecule has 0 amide bonds. The highest BCUT2D eigenvalue weighted by atomic mass is 16.3. The van der Waals surface area contributed by atoms with Crippen LogP contribution in [0.5, 0.6) is 0 Å². The third-order valence-corrected chi connectivity index (χ3v) is 3.52. The van der Waals surface area contributed by atoms with Crippen LogP contribution in [0, 0.1) is 0 Å². The van der Waals surface area contributed by atoms with Crippen molar-refractivity contribution >= 4 is 0 Å². The van der Waals surface area contributed by atoms with E-state index in [9.17, 15) is 10.2 Å². The van der Waals surface area contributed by atoms with Gasteiger partial charge >= 0.3 is 0 Å². The summed E-state index contributed by atoms with van der Waals surface area (Å²) in [5.41, 5.74) is -0.926. The van der Waals surface area contributed by atoms with Gasteiger partial charge in [-0.05, 0) is 12.8 Å². The number of aliphatic hydroxyl groups excluding tert-OH is 1. The minimum absolute atomic E-state index is 0.368. The van der Waals surface area contributed by atoms with Gasteiger partial charge in [0.2, 0.25) is 0 Å². The quantitative estimate of drug-likeness (QED) is 0.781. The lowest BCUT2D eigenvalue weighted by atomic mass is 9.79. The van der Waals surface area contributed by atoms with Crippen LogP contribution in [0.4, 0.5) is 0 Å². The standard InChI is InChI=1S/C11H19N3O2/c1-14-10(12-8-13-14)7-9(15)11(16)5-3-2-4-6-11/h8-9,15-16H,2-7H2,1H3. The molecule has 0 aliphatic heterocycles. The Hall–Kier alpha value is -0.940. The normalized spacial score (nSPS) is 21.9. The van der Waals surface area contributed by atoms with Crippen LogP contribution >= 0.6 is 0 Å². The van der Waals surface area contributed by atoms with Crippen molar-refractivity contribution in [3.05, 3.63) is 12.2 Å². The SMILES string of the molecule is Cn1ncnc1CC(O)C1(O)CCCCC1. The molecule has 5 nitrogen and oxygen atoms in total. The highest BCUT2D eigenvalue weighted by Crippen LogP contribution is 2.31. The van der Waals surface area contributed by atoms with E-state index in [4.69, 9.17) is 0 Å². The van der Waals surface area contributed by atoms with E-state index >= 15 is 0 Å². The van der Waals surface area contributed by atoms with Crippen LogP contribution < -0.4 is 0 Å². The van der Waals surface area contributed by atoms with E-state index in [1.54, 1.807) is 11.7 Å². The molecule has 0 saturated heterocycles. The van der Waals surface area contributed by atoms with Crippen LogP contribution in [0.1, 0.15) is 37.9 Å². The van der Waals surface area contributed by atoms with Crippen molar-refractivity contribution in [3.63, 3.8) is 0 Å². The summed E-state index contributed by atoms with van der Waals surface area (Å²) in [7, 11) is 1.79. The van der Waals surface area contributed by atoms with Gasteiger partial charge in [0.1, 0.15) is 12.2 Å². The van der Waals surface area contributed by atoms with E-state index in [0.717, 1.165) is 19.3 Å². The fourth-order valence-electron chi connectivity index (χ4n) is 2.37. The van der Waals surface area contributed by atoms with Gasteiger partial charge in [-0.2, -0.15) is 5.10 Å². The molecule has 1 saturated carbocycles. The number of aromatic nitrogens is 3. The Morgan fingerprint density at radius 3 is 2.69 bits per heavy atom. The Labute approximate surface area is 95.1 Å². The van der Waals surface area contributed by atoms with Crippen molar-refractivity contribution in [2.24, 2.45) is 7.05 Å². The van der Waals surface area contributed by atoms with Gasteiger partial charge in [-0.3, -0.25) is 4.68 Å². The molecule has 1 aromatic rings. The van der Waals surface area contributed by atoms with Crippen LogP contribution in [0.3, 0.4) is 0 Å². The number of rotatable bonds is 3. The van der Waals surface area contributed by atoms with Gasteiger partial charge in [0, 0.05) is 13.5 Å². The minimum atomic E-state index is -0.926. The van der Waals surface area contributed by atoms with E-state index in [1.807, 2.05) is 0 Å². The molecule has 2 rings (SSSR count). The second-order valence-electron chi connectivity index (χ2n) is 4.68. The molecule has 0 spiro atoms. The van der Waals surface area contributed by atoms with E-state index in [0.29, 0.717) is 25.1 Å². The molecular formula is C11H19N3O2. The highest BCUT2D eigenvalue weighted by molar-refractivity contribution is 4.96. The zero-order chi connectivity index (χ0) is 11.6. The van der Waals surface area contributed by atoms with Crippen LogP contribution in [0.2, 0.25) is 0 Å². The topological polar surface area (TPSA) is 71.2 Å². The lowest BCUT2D eigenvalue weighted by Crippen LogP contribution is -2.45. The maximum Gasteiger partial charge on any atom is 0.138 e. The van der Waals surface area contributed by atoms with E-state index in [-0.39, 0.29) is 0 Å². The van der Waals surface area contributed by atoms with Crippen molar-refractivity contribution in [1.29, 1.82) is 0 Å². The maximum atomic E-state index is 10.3. The zero-order valence-electron chi connectivity index (χ0n) is 9.63. The Balaban J connectivity index is 2.01. The van der Waals surface area contributed by atoms with Gasteiger partial charge in [-0.25, -0.2) is 4.98 Å². The molecule has 2 N–H and O–H groups in total. The Bertz CT molecular complexity index is 345. The predicted octanol–water partition coefficient (Wildman–Crippen LogP) is 0.414. The van der Waals surface area contributed by atoms with Crippen molar-refractivity contribution in [2.45, 2.75) is 50.2 Å². The molecule has 1 aliphatic rings. The van der Waals surface area contributed by atoms with Gasteiger partial charge in [-0.1, -0.05) is 19.3 Å². The third kappa shape index (κ3) is 2.25. The Morgan fingerprint density at radius 2 is 2.12 bits per heavy atom. The van der Waals surface area contributed by atoms with Gasteiger partial charge in [0.15, 0.2) is 0 Å². The molecule has 1 heterocycles. The van der Waals surface area contributed by atoms with Gasteiger partial charge in [-0.15, -0.1) is 0 Å². The summed E-state index contributed by atoms with van der Waals surface area (Å²) in [5.74, 6) is 0.714. The first-order valence-corrected chi connectivity index (χ1v) is 5.85. The molecular weight excluding hydrogens is 206 g/mol. The lowest BCUT2D eigenvalue weighted by molar-refractivity contribution is -0.0969. The molecule has 0 bridgehead atoms. The van der Waals surface area contributed by atoms with Crippen molar-refractivity contribution in [2.75, 3.05) is 0 Å². The number of nitrogens with zero attached hydrogens (tertiary/aromatic N) is 3. The average Bonchev–Trinajstić information content (AvgIpc) is 2.65. The molecule has 1 aromatic heterocycles. The van der Waals surface area contributed by atoms with Gasteiger partial charge in [0.25, 0.3) is 0 Å². The largest absolute Gasteiger partial charge is 0.390 e. The molecule has 0 aromatic carbocycles. The first kappa shape index (κ1) is 11.5. The summed E-state index contributed by atoms with van der Waals surface area (Å²) in [6, 6.07) is 0. The first-order chi connectivity index (χ1) is 7.62. The molecule has 5 heteroatoms. The van der Waals surface area contributed by atoms with E-state index in [1.165, 1.54) is 6.33 Å². The van der Waals surface area contributed by atoms with Crippen molar-refractivity contribution in [1.82, 2.24) is 14.8 Å². The minimum Gasteiger partial charge on any atom is -0.390 e. The summed E-state index contributed by atoms with van der Waals surface area (Å²) < 4.78 is 1.63. The van der Waals surface area contributed by atoms with Crippen LogP contribution in [0.25, 0.3) is 0 Å². The molecule has 90 valence electrons. The molecule has 1 atom stereocenters. The maximum absolute atomic E-state index is 10.3. The Kier molecular flexibility index (Phi) is 3.25. The van der Waals surface area contributed by atoms with Gasteiger partial charge < -0.3 is 10.2 Å². The third-order valence-electron chi connectivity index (χ3n) is 3.52. The summed E-state index contributed by atoms with van der Waals surface area (Å²) >= 11 is 0. The fourth-order valence-corrected chi connectivity index (χ4v) is 2.37. The smallest absolute Gasteiger partial charge is 0.138 e. The highest BCUT2D eigenvalue weighted by Gasteiger charge is 2.37. The summed E-state index contributed by atoms with van der Waals surface area (Å²) in [4.78, 5) is 4.06. The summed E-state index contributed by atoms with van der Waals surface area (Å²) in [6.45, 7) is 0. The van der Waals surface area contributed by atoms with Crippen molar-refractivity contribution < 1.29 is 10.2 Å². The predicted molar refractivity (Wildman–Crippen MR) is 58.7 cm³/mol. The Morgan fingerprint density at radius 1 is 1.44 bits per heavy atom. The van der Waals surface area contributed by atoms with Crippen LogP contribution in [0.15, 0.2) is 6.33 Å². The molecule has 1 unspecified atom stereocenters. The number of aryl methyl sites for hydroxylation is 1.